The quantitative estimate of drug-likeness (QED) is 0.291. The number of carbonyl (C=O) groups is 4. The second-order valence-electron chi connectivity index (χ2n) is 8.90. The summed E-state index contributed by atoms with van der Waals surface area (Å²) >= 11 is 0. The first-order valence-electron chi connectivity index (χ1n) is 12.3. The van der Waals surface area contributed by atoms with Crippen molar-refractivity contribution >= 4 is 23.8 Å². The van der Waals surface area contributed by atoms with Crippen LogP contribution >= 0.6 is 0 Å². The Morgan fingerprint density at radius 2 is 1.51 bits per heavy atom. The minimum absolute atomic E-state index is 0.0133. The smallest absolute Gasteiger partial charge is 0.408 e. The Kier molecular flexibility index (Phi) is 10.4. The van der Waals surface area contributed by atoms with Gasteiger partial charge in [0, 0.05) is 12.0 Å². The molecule has 0 bridgehead atoms. The summed E-state index contributed by atoms with van der Waals surface area (Å²) in [5.74, 6) is 0.826. The van der Waals surface area contributed by atoms with Crippen LogP contribution in [0.5, 0.6) is 0 Å². The Morgan fingerprint density at radius 3 is 2.15 bits per heavy atom. The summed E-state index contributed by atoms with van der Waals surface area (Å²) in [6, 6.07) is 20.5. The second kappa shape index (κ2) is 14.1. The van der Waals surface area contributed by atoms with Crippen LogP contribution in [0.4, 0.5) is 4.79 Å². The first kappa shape index (κ1) is 28.7. The molecule has 1 atom stereocenters. The summed E-state index contributed by atoms with van der Waals surface area (Å²) in [6.07, 6.45) is 4.73. The summed E-state index contributed by atoms with van der Waals surface area (Å²) in [5.41, 5.74) is 4.13. The lowest BCUT2D eigenvalue weighted by molar-refractivity contribution is -0.127. The lowest BCUT2D eigenvalue weighted by Crippen LogP contribution is -2.49. The summed E-state index contributed by atoms with van der Waals surface area (Å²) in [4.78, 5) is 50.2. The van der Waals surface area contributed by atoms with Gasteiger partial charge in [-0.1, -0.05) is 66.6 Å². The van der Waals surface area contributed by atoms with Crippen molar-refractivity contribution in [3.05, 3.63) is 106 Å². The molecular weight excluding hydrogens is 496 g/mol. The van der Waals surface area contributed by atoms with Gasteiger partial charge in [-0.3, -0.25) is 9.59 Å². The normalized spacial score (nSPS) is 11.0. The highest BCUT2D eigenvalue weighted by Gasteiger charge is 2.23. The first-order chi connectivity index (χ1) is 18.8. The fraction of sp³-hybridized carbons (Fsp3) is 0.226. The molecule has 3 aromatic rings. The summed E-state index contributed by atoms with van der Waals surface area (Å²) in [5, 5.41) is 5.08. The van der Waals surface area contributed by atoms with Crippen LogP contribution in [0.2, 0.25) is 0 Å². The topological polar surface area (TPSA) is 111 Å². The van der Waals surface area contributed by atoms with Crippen LogP contribution in [0.25, 0.3) is 0 Å². The van der Waals surface area contributed by atoms with E-state index in [1.54, 1.807) is 50.2 Å². The Labute approximate surface area is 227 Å². The van der Waals surface area contributed by atoms with E-state index in [4.69, 9.17) is 15.9 Å². The van der Waals surface area contributed by atoms with Gasteiger partial charge in [-0.2, -0.15) is 0 Å². The first-order valence-corrected chi connectivity index (χ1v) is 12.3. The highest BCUT2D eigenvalue weighted by molar-refractivity contribution is 5.95. The molecule has 39 heavy (non-hydrogen) atoms. The van der Waals surface area contributed by atoms with E-state index in [2.05, 4.69) is 16.6 Å². The fourth-order valence-corrected chi connectivity index (χ4v) is 3.80. The third kappa shape index (κ3) is 8.86. The predicted octanol–water partition coefficient (Wildman–Crippen LogP) is 3.66. The molecule has 0 radical (unpaired) electrons. The maximum atomic E-state index is 12.9. The number of ketones is 1. The molecule has 0 heterocycles. The molecule has 200 valence electrons. The molecule has 0 spiro atoms. The molecule has 0 aromatic heterocycles. The number of terminal acetylenes is 1. The number of Topliss-reactive ketones (excluding diaryl/α,β-unsaturated/α-hetero) is 1. The summed E-state index contributed by atoms with van der Waals surface area (Å²) < 4.78 is 10.4. The average Bonchev–Trinajstić information content (AvgIpc) is 2.94. The molecule has 3 aromatic carbocycles. The van der Waals surface area contributed by atoms with Gasteiger partial charge in [-0.15, -0.1) is 6.42 Å². The van der Waals surface area contributed by atoms with E-state index in [0.717, 1.165) is 22.3 Å². The van der Waals surface area contributed by atoms with Crippen LogP contribution in [0.3, 0.4) is 0 Å². The Morgan fingerprint density at radius 1 is 0.846 bits per heavy atom. The molecule has 3 rings (SSSR count). The number of amides is 2. The number of esters is 1. The van der Waals surface area contributed by atoms with Gasteiger partial charge in [-0.25, -0.2) is 9.59 Å². The van der Waals surface area contributed by atoms with E-state index in [-0.39, 0.29) is 19.6 Å². The van der Waals surface area contributed by atoms with Gasteiger partial charge in [0.2, 0.25) is 5.91 Å². The summed E-state index contributed by atoms with van der Waals surface area (Å²) in [6.45, 7) is 2.68. The number of aryl methyl sites for hydroxylation is 2. The molecule has 2 amide bonds. The van der Waals surface area contributed by atoms with E-state index in [9.17, 15) is 19.2 Å². The zero-order valence-corrected chi connectivity index (χ0v) is 21.9. The minimum atomic E-state index is -1.01. The highest BCUT2D eigenvalue weighted by Crippen LogP contribution is 2.14. The van der Waals surface area contributed by atoms with E-state index >= 15 is 0 Å². The van der Waals surface area contributed by atoms with Gasteiger partial charge in [0.15, 0.2) is 12.4 Å². The lowest BCUT2D eigenvalue weighted by atomic mass is 10.0. The maximum Gasteiger partial charge on any atom is 0.408 e. The molecule has 0 saturated heterocycles. The number of carbonyl (C=O) groups excluding carboxylic acids is 4. The van der Waals surface area contributed by atoms with Gasteiger partial charge in [-0.05, 0) is 48.2 Å². The fourth-order valence-electron chi connectivity index (χ4n) is 3.80. The number of nitrogens with one attached hydrogen (secondary N) is 2. The van der Waals surface area contributed by atoms with Crippen LogP contribution in [0, 0.1) is 26.2 Å². The number of hydrogen-bond acceptors (Lipinski definition) is 6. The average molecular weight is 527 g/mol. The van der Waals surface area contributed by atoms with Crippen molar-refractivity contribution in [1.29, 1.82) is 0 Å². The van der Waals surface area contributed by atoms with Gasteiger partial charge < -0.3 is 20.1 Å². The molecule has 0 unspecified atom stereocenters. The van der Waals surface area contributed by atoms with Crippen molar-refractivity contribution in [2.45, 2.75) is 32.9 Å². The third-order valence-electron chi connectivity index (χ3n) is 5.89. The van der Waals surface area contributed by atoms with E-state index in [1.165, 1.54) is 0 Å². The number of alkyl carbamates (subject to hydrolysis) is 1. The van der Waals surface area contributed by atoms with Crippen LogP contribution in [0.1, 0.15) is 38.2 Å². The molecule has 8 heteroatoms. The van der Waals surface area contributed by atoms with Crippen LogP contribution in [-0.4, -0.2) is 42.9 Å². The van der Waals surface area contributed by atoms with Crippen molar-refractivity contribution in [3.8, 4) is 12.3 Å². The lowest BCUT2D eigenvalue weighted by Gasteiger charge is -2.18. The molecule has 0 aliphatic carbocycles. The zero-order chi connectivity index (χ0) is 28.2. The van der Waals surface area contributed by atoms with Crippen LogP contribution in [0.15, 0.2) is 72.8 Å². The molecular formula is C31H30N2O6. The van der Waals surface area contributed by atoms with Gasteiger partial charge in [0.05, 0.1) is 12.1 Å². The van der Waals surface area contributed by atoms with E-state index in [0.29, 0.717) is 11.1 Å². The van der Waals surface area contributed by atoms with Crippen LogP contribution < -0.4 is 10.6 Å². The number of rotatable bonds is 11. The Hall–Kier alpha value is -4.90. The predicted molar refractivity (Wildman–Crippen MR) is 146 cm³/mol. The van der Waals surface area contributed by atoms with Crippen molar-refractivity contribution in [2.75, 3.05) is 13.2 Å². The van der Waals surface area contributed by atoms with Crippen molar-refractivity contribution in [3.63, 3.8) is 0 Å². The molecule has 0 aliphatic rings. The number of ether oxygens (including phenoxy) is 2. The number of benzene rings is 3. The standard InChI is InChI=1S/C31H30N2O6/c1-4-23-13-15-25(16-14-23)19-39-31(37)33-27(17-24-11-6-5-7-12-24)29(35)32-18-26(34)20-38-30(36)28-21(2)9-8-10-22(28)3/h1,5-16,27H,17-20H2,2-3H3,(H,32,35)(H,33,37)/t27-/m0/s1. The third-order valence-corrected chi connectivity index (χ3v) is 5.89. The number of hydrogen-bond donors (Lipinski definition) is 2. The van der Waals surface area contributed by atoms with Crippen molar-refractivity contribution < 1.29 is 28.7 Å². The van der Waals surface area contributed by atoms with Crippen molar-refractivity contribution in [1.82, 2.24) is 10.6 Å². The highest BCUT2D eigenvalue weighted by atomic mass is 16.5. The minimum Gasteiger partial charge on any atom is -0.454 e. The largest absolute Gasteiger partial charge is 0.454 e. The van der Waals surface area contributed by atoms with Gasteiger partial charge >= 0.3 is 12.1 Å². The molecule has 8 nitrogen and oxygen atoms in total. The van der Waals surface area contributed by atoms with Gasteiger partial charge in [0.1, 0.15) is 12.6 Å². The maximum absolute atomic E-state index is 12.9. The molecule has 0 saturated carbocycles. The molecule has 0 fully saturated rings. The second-order valence-corrected chi connectivity index (χ2v) is 8.90. The Balaban J connectivity index is 1.54. The zero-order valence-electron chi connectivity index (χ0n) is 21.9. The Bertz CT molecular complexity index is 1340. The summed E-state index contributed by atoms with van der Waals surface area (Å²) in [7, 11) is 0. The molecule has 0 aliphatic heterocycles. The van der Waals surface area contributed by atoms with E-state index in [1.807, 2.05) is 36.4 Å². The van der Waals surface area contributed by atoms with Crippen LogP contribution in [-0.2, 0) is 32.1 Å². The van der Waals surface area contributed by atoms with Crippen molar-refractivity contribution in [2.24, 2.45) is 0 Å². The molecule has 2 N–H and O–H groups in total. The van der Waals surface area contributed by atoms with Gasteiger partial charge in [0.25, 0.3) is 0 Å². The van der Waals surface area contributed by atoms with E-state index < -0.39 is 36.4 Å². The monoisotopic (exact) mass is 526 g/mol. The SMILES string of the molecule is C#Cc1ccc(COC(=O)N[C@@H](Cc2ccccc2)C(=O)NCC(=O)COC(=O)c2c(C)cccc2C)cc1.